The lowest BCUT2D eigenvalue weighted by Crippen LogP contribution is -1.76. The van der Waals surface area contributed by atoms with E-state index in [0.29, 0.717) is 0 Å². The summed E-state index contributed by atoms with van der Waals surface area (Å²) < 4.78 is 0. The summed E-state index contributed by atoms with van der Waals surface area (Å²) in [5.74, 6) is 0. The first-order valence-electron chi connectivity index (χ1n) is 13.7. The topological polar surface area (TPSA) is 34.1 Å². The Kier molecular flexibility index (Phi) is 56.6. The van der Waals surface area contributed by atoms with Gasteiger partial charge >= 0.3 is 0 Å². The highest BCUT2D eigenvalue weighted by Crippen LogP contribution is 2.02. The van der Waals surface area contributed by atoms with Gasteiger partial charge in [-0.15, -0.1) is 13.2 Å². The van der Waals surface area contributed by atoms with Crippen LogP contribution in [0.25, 0.3) is 0 Å². The number of unbranched alkanes of at least 4 members (excludes halogenated alkanes) is 16. The van der Waals surface area contributed by atoms with Gasteiger partial charge in [0.25, 0.3) is 0 Å². The molecule has 0 aromatic carbocycles. The normalized spacial score (nSPS) is 9.12. The van der Waals surface area contributed by atoms with Gasteiger partial charge < -0.3 is 9.59 Å². The van der Waals surface area contributed by atoms with Crippen LogP contribution < -0.4 is 0 Å². The molecule has 0 saturated carbocycles. The van der Waals surface area contributed by atoms with Crippen LogP contribution in [0.15, 0.2) is 25.3 Å². The van der Waals surface area contributed by atoms with Gasteiger partial charge in [-0.25, -0.2) is 0 Å². The zero-order chi connectivity index (χ0) is 25.0. The number of hydrogen-bond donors (Lipinski definition) is 0. The molecule has 0 rings (SSSR count). The Morgan fingerprint density at radius 3 is 0.844 bits per heavy atom. The SMILES string of the molecule is C=CCCCCCC.C=CCCCCCC.CCCCCCC=O.CCCCCCC=O. The van der Waals surface area contributed by atoms with Crippen LogP contribution in [0.4, 0.5) is 0 Å². The van der Waals surface area contributed by atoms with Gasteiger partial charge in [0.15, 0.2) is 0 Å². The third-order valence-electron chi connectivity index (χ3n) is 4.87. The maximum atomic E-state index is 9.77. The molecule has 0 radical (unpaired) electrons. The first kappa shape index (κ1) is 38.1. The molecule has 0 aromatic rings. The maximum absolute atomic E-state index is 9.77. The molecule has 0 spiro atoms. The molecule has 0 aliphatic rings. The van der Waals surface area contributed by atoms with Crippen LogP contribution in [0, 0.1) is 0 Å². The lowest BCUT2D eigenvalue weighted by molar-refractivity contribution is -0.108. The molecule has 2 nitrogen and oxygen atoms in total. The predicted molar refractivity (Wildman–Crippen MR) is 148 cm³/mol. The molecule has 32 heavy (non-hydrogen) atoms. The number of allylic oxidation sites excluding steroid dienone is 2. The smallest absolute Gasteiger partial charge is 0.119 e. The maximum Gasteiger partial charge on any atom is 0.119 e. The molecule has 0 atom stereocenters. The minimum absolute atomic E-state index is 0.750. The van der Waals surface area contributed by atoms with E-state index in [1.165, 1.54) is 103 Å². The van der Waals surface area contributed by atoms with Crippen LogP contribution in [0.1, 0.15) is 156 Å². The van der Waals surface area contributed by atoms with Gasteiger partial charge in [-0.2, -0.15) is 0 Å². The lowest BCUT2D eigenvalue weighted by Gasteiger charge is -1.91. The molecular weight excluding hydrogens is 392 g/mol. The lowest BCUT2D eigenvalue weighted by atomic mass is 10.2. The van der Waals surface area contributed by atoms with Crippen molar-refractivity contribution in [2.75, 3.05) is 0 Å². The fraction of sp³-hybridized carbons (Fsp3) is 0.800. The van der Waals surface area contributed by atoms with E-state index < -0.39 is 0 Å². The molecular formula is C30H60O2. The Labute approximate surface area is 203 Å². The van der Waals surface area contributed by atoms with Crippen LogP contribution in [0.5, 0.6) is 0 Å². The number of hydrogen-bond acceptors (Lipinski definition) is 2. The Morgan fingerprint density at radius 2 is 0.656 bits per heavy atom. The van der Waals surface area contributed by atoms with E-state index >= 15 is 0 Å². The van der Waals surface area contributed by atoms with Crippen molar-refractivity contribution in [1.29, 1.82) is 0 Å². The Hall–Kier alpha value is -1.18. The van der Waals surface area contributed by atoms with Crippen molar-refractivity contribution in [2.24, 2.45) is 0 Å². The molecule has 0 N–H and O–H groups in total. The number of aldehydes is 2. The summed E-state index contributed by atoms with van der Waals surface area (Å²) in [7, 11) is 0. The second-order valence-corrected chi connectivity index (χ2v) is 8.31. The van der Waals surface area contributed by atoms with Gasteiger partial charge in [0.2, 0.25) is 0 Å². The van der Waals surface area contributed by atoms with Gasteiger partial charge in [-0.3, -0.25) is 0 Å². The third kappa shape index (κ3) is 63.0. The average molecular weight is 453 g/mol. The van der Waals surface area contributed by atoms with E-state index in [4.69, 9.17) is 0 Å². The molecule has 0 aliphatic heterocycles. The van der Waals surface area contributed by atoms with Crippen LogP contribution >= 0.6 is 0 Å². The Morgan fingerprint density at radius 1 is 0.406 bits per heavy atom. The molecule has 0 unspecified atom stereocenters. The molecule has 0 aliphatic carbocycles. The molecule has 2 heteroatoms. The van der Waals surface area contributed by atoms with Crippen molar-refractivity contribution in [2.45, 2.75) is 156 Å². The van der Waals surface area contributed by atoms with Crippen molar-refractivity contribution in [3.63, 3.8) is 0 Å². The Balaban J connectivity index is -0.000000163. The van der Waals surface area contributed by atoms with E-state index in [2.05, 4.69) is 40.9 Å². The second kappa shape index (κ2) is 47.6. The fourth-order valence-corrected chi connectivity index (χ4v) is 2.74. The van der Waals surface area contributed by atoms with Crippen molar-refractivity contribution in [3.8, 4) is 0 Å². The summed E-state index contributed by atoms with van der Waals surface area (Å²) in [4.78, 5) is 19.5. The van der Waals surface area contributed by atoms with Crippen LogP contribution in [-0.4, -0.2) is 12.6 Å². The minimum atomic E-state index is 0.750. The van der Waals surface area contributed by atoms with Crippen LogP contribution in [-0.2, 0) is 9.59 Å². The number of rotatable bonds is 20. The summed E-state index contributed by atoms with van der Waals surface area (Å²) in [5.41, 5.74) is 0. The van der Waals surface area contributed by atoms with Crippen molar-refractivity contribution in [3.05, 3.63) is 25.3 Å². The van der Waals surface area contributed by atoms with E-state index in [0.717, 1.165) is 38.3 Å². The fourth-order valence-electron chi connectivity index (χ4n) is 2.74. The summed E-state index contributed by atoms with van der Waals surface area (Å²) in [6, 6.07) is 0. The molecule has 0 aromatic heterocycles. The monoisotopic (exact) mass is 452 g/mol. The molecule has 0 saturated heterocycles. The Bertz CT molecular complexity index is 259. The summed E-state index contributed by atoms with van der Waals surface area (Å²) in [5, 5.41) is 0. The zero-order valence-corrected chi connectivity index (χ0v) is 22.7. The third-order valence-corrected chi connectivity index (χ3v) is 4.87. The van der Waals surface area contributed by atoms with E-state index in [-0.39, 0.29) is 0 Å². The van der Waals surface area contributed by atoms with Gasteiger partial charge in [0, 0.05) is 12.8 Å². The van der Waals surface area contributed by atoms with E-state index in [1.54, 1.807) is 0 Å². The number of carbonyl (C=O) groups is 2. The van der Waals surface area contributed by atoms with E-state index in [1.807, 2.05) is 12.2 Å². The second-order valence-electron chi connectivity index (χ2n) is 8.31. The van der Waals surface area contributed by atoms with Gasteiger partial charge in [-0.1, -0.05) is 117 Å². The predicted octanol–water partition coefficient (Wildman–Crippen LogP) is 10.6. The molecule has 0 heterocycles. The van der Waals surface area contributed by atoms with E-state index in [9.17, 15) is 9.59 Å². The summed E-state index contributed by atoms with van der Waals surface area (Å²) in [6.45, 7) is 16.1. The zero-order valence-electron chi connectivity index (χ0n) is 22.7. The average Bonchev–Trinajstić information content (AvgIpc) is 2.82. The largest absolute Gasteiger partial charge is 0.303 e. The van der Waals surface area contributed by atoms with Crippen molar-refractivity contribution in [1.82, 2.24) is 0 Å². The number of carbonyl (C=O) groups excluding carboxylic acids is 2. The first-order valence-corrected chi connectivity index (χ1v) is 13.7. The highest BCUT2D eigenvalue weighted by Gasteiger charge is 1.84. The summed E-state index contributed by atoms with van der Waals surface area (Å²) >= 11 is 0. The van der Waals surface area contributed by atoms with Crippen LogP contribution in [0.2, 0.25) is 0 Å². The van der Waals surface area contributed by atoms with Gasteiger partial charge in [0.1, 0.15) is 12.6 Å². The van der Waals surface area contributed by atoms with Crippen molar-refractivity contribution < 1.29 is 9.59 Å². The van der Waals surface area contributed by atoms with Crippen LogP contribution in [0.3, 0.4) is 0 Å². The highest BCUT2D eigenvalue weighted by molar-refractivity contribution is 5.49. The highest BCUT2D eigenvalue weighted by atomic mass is 16.1. The standard InChI is InChI=1S/2C8H16.2C7H14O/c2*1-3-5-7-8-6-4-2;2*1-2-3-4-5-6-7-8/h2*3H,1,4-8H2,2H3;2*7H,2-6H2,1H3. The molecule has 0 amide bonds. The molecule has 0 fully saturated rings. The minimum Gasteiger partial charge on any atom is -0.303 e. The van der Waals surface area contributed by atoms with Crippen molar-refractivity contribution >= 4 is 12.6 Å². The molecule has 0 bridgehead atoms. The first-order chi connectivity index (χ1) is 15.7. The van der Waals surface area contributed by atoms with Gasteiger partial charge in [0.05, 0.1) is 0 Å². The van der Waals surface area contributed by atoms with Gasteiger partial charge in [-0.05, 0) is 38.5 Å². The quantitative estimate of drug-likeness (QED) is 0.104. The molecule has 192 valence electrons. The summed E-state index contributed by atoms with van der Waals surface area (Å²) in [6.07, 6.45) is 30.4.